The second-order valence-electron chi connectivity index (χ2n) is 12.8. The fourth-order valence-electron chi connectivity index (χ4n) is 7.82. The molecule has 2 fully saturated rings. The largest absolute Gasteiger partial charge is 0.411 e. The van der Waals surface area contributed by atoms with Crippen LogP contribution in [0.2, 0.25) is 0 Å². The third kappa shape index (κ3) is 3.97. The number of aliphatic hydroxyl groups excluding tert-OH is 3. The van der Waals surface area contributed by atoms with Gasteiger partial charge in [-0.25, -0.2) is 0 Å². The zero-order valence-corrected chi connectivity index (χ0v) is 21.2. The molecule has 4 aliphatic rings. The number of oxime groups is 1. The van der Waals surface area contributed by atoms with Gasteiger partial charge in [0.05, 0.1) is 35.2 Å². The van der Waals surface area contributed by atoms with E-state index in [1.165, 1.54) is 0 Å². The highest BCUT2D eigenvalue weighted by molar-refractivity contribution is 5.99. The number of nitrogens with zero attached hydrogens (tertiary/aromatic N) is 1. The van der Waals surface area contributed by atoms with E-state index in [1.54, 1.807) is 20.8 Å². The molecule has 0 bridgehead atoms. The first-order chi connectivity index (χ1) is 15.6. The summed E-state index contributed by atoms with van der Waals surface area (Å²) in [6.07, 6.45) is 5.41. The Hall–Kier alpha value is -1.25. The van der Waals surface area contributed by atoms with Gasteiger partial charge in [0.2, 0.25) is 0 Å². The fourth-order valence-corrected chi connectivity index (χ4v) is 7.82. The van der Waals surface area contributed by atoms with Crippen LogP contribution in [0.15, 0.2) is 28.5 Å². The average Bonchev–Trinajstić information content (AvgIpc) is 3.10. The minimum absolute atomic E-state index is 0.126. The zero-order valence-electron chi connectivity index (χ0n) is 21.2. The first-order valence-corrected chi connectivity index (χ1v) is 12.8. The average molecular weight is 478 g/mol. The first kappa shape index (κ1) is 25.8. The van der Waals surface area contributed by atoms with Crippen LogP contribution in [0, 0.1) is 28.6 Å². The van der Waals surface area contributed by atoms with Crippen molar-refractivity contribution in [3.05, 3.63) is 23.3 Å². The Balaban J connectivity index is 1.65. The monoisotopic (exact) mass is 477 g/mol. The molecule has 34 heavy (non-hydrogen) atoms. The van der Waals surface area contributed by atoms with Gasteiger partial charge in [-0.3, -0.25) is 0 Å². The van der Waals surface area contributed by atoms with Crippen LogP contribution >= 0.6 is 0 Å². The smallest absolute Gasteiger partial charge is 0.0916 e. The van der Waals surface area contributed by atoms with Gasteiger partial charge < -0.3 is 30.7 Å². The van der Waals surface area contributed by atoms with Gasteiger partial charge in [0, 0.05) is 11.8 Å². The van der Waals surface area contributed by atoms with E-state index in [0.29, 0.717) is 37.8 Å². The number of hydrogen-bond acceptors (Lipinski definition) is 7. The first-order valence-electron chi connectivity index (χ1n) is 12.8. The molecule has 7 heteroatoms. The Kier molecular flexibility index (Phi) is 6.39. The van der Waals surface area contributed by atoms with Crippen LogP contribution in [0.5, 0.6) is 0 Å². The molecule has 0 amide bonds. The number of allylic oxidation sites excluding steroid dienone is 4. The number of aliphatic hydroxyl groups is 5. The molecule has 0 heterocycles. The van der Waals surface area contributed by atoms with Gasteiger partial charge in [-0.2, -0.15) is 0 Å². The molecule has 0 unspecified atom stereocenters. The highest BCUT2D eigenvalue weighted by atomic mass is 16.4. The molecule has 0 saturated heterocycles. The molecule has 0 radical (unpaired) electrons. The predicted molar refractivity (Wildman–Crippen MR) is 129 cm³/mol. The zero-order chi connectivity index (χ0) is 25.3. The lowest BCUT2D eigenvalue weighted by Crippen LogP contribution is -2.56. The van der Waals surface area contributed by atoms with Crippen molar-refractivity contribution in [2.45, 2.75) is 109 Å². The van der Waals surface area contributed by atoms with Crippen molar-refractivity contribution in [2.75, 3.05) is 0 Å². The van der Waals surface area contributed by atoms with Crippen LogP contribution in [0.1, 0.15) is 79.6 Å². The third-order valence-electron chi connectivity index (χ3n) is 9.93. The Labute approximate surface area is 202 Å². The molecule has 0 aromatic carbocycles. The lowest BCUT2D eigenvalue weighted by Gasteiger charge is -2.57. The van der Waals surface area contributed by atoms with E-state index >= 15 is 0 Å². The summed E-state index contributed by atoms with van der Waals surface area (Å²) in [5.74, 6) is -0.153. The van der Waals surface area contributed by atoms with Crippen LogP contribution in [-0.2, 0) is 0 Å². The van der Waals surface area contributed by atoms with E-state index in [9.17, 15) is 30.7 Å². The fraction of sp³-hybridized carbons (Fsp3) is 0.815. The van der Waals surface area contributed by atoms with Gasteiger partial charge in [0.1, 0.15) is 0 Å². The van der Waals surface area contributed by atoms with Crippen molar-refractivity contribution in [1.82, 2.24) is 0 Å². The maximum atomic E-state index is 11.6. The van der Waals surface area contributed by atoms with Gasteiger partial charge in [-0.05, 0) is 99.7 Å². The second-order valence-corrected chi connectivity index (χ2v) is 12.8. The van der Waals surface area contributed by atoms with Crippen molar-refractivity contribution in [1.29, 1.82) is 0 Å². The van der Waals surface area contributed by atoms with Crippen LogP contribution in [0.3, 0.4) is 0 Å². The summed E-state index contributed by atoms with van der Waals surface area (Å²) in [4.78, 5) is 0. The van der Waals surface area contributed by atoms with Crippen molar-refractivity contribution in [3.8, 4) is 0 Å². The molecule has 4 aliphatic carbocycles. The van der Waals surface area contributed by atoms with Crippen LogP contribution in [0.4, 0.5) is 0 Å². The van der Waals surface area contributed by atoms with Gasteiger partial charge in [0.15, 0.2) is 0 Å². The van der Waals surface area contributed by atoms with E-state index < -0.39 is 29.5 Å². The highest BCUT2D eigenvalue weighted by Crippen LogP contribution is 2.65. The summed E-state index contributed by atoms with van der Waals surface area (Å²) in [6, 6.07) is 0. The van der Waals surface area contributed by atoms with Crippen molar-refractivity contribution in [3.63, 3.8) is 0 Å². The summed E-state index contributed by atoms with van der Waals surface area (Å²) >= 11 is 0. The van der Waals surface area contributed by atoms with E-state index in [-0.39, 0.29) is 28.6 Å². The lowest BCUT2D eigenvalue weighted by molar-refractivity contribution is -0.134. The molecular weight excluding hydrogens is 434 g/mol. The molecule has 7 nitrogen and oxygen atoms in total. The van der Waals surface area contributed by atoms with E-state index in [2.05, 4.69) is 25.1 Å². The Morgan fingerprint density at radius 3 is 2.41 bits per heavy atom. The van der Waals surface area contributed by atoms with E-state index in [0.717, 1.165) is 24.0 Å². The normalized spacial score (nSPS) is 43.8. The molecule has 6 N–H and O–H groups in total. The van der Waals surface area contributed by atoms with E-state index in [1.807, 2.05) is 6.08 Å². The maximum Gasteiger partial charge on any atom is 0.0916 e. The number of hydrogen-bond donors (Lipinski definition) is 6. The standard InChI is InChI=1S/C27H43NO6/c1-24(2,32)10-9-23(31)27(5,33)22-7-6-16-15-12-19(28-34)18-13-20(29)21(30)14-26(18,4)17(15)8-11-25(16,22)3/h6,12,17-18,20-23,29-34H,7-11,13-14H2,1-5H3/b28-19-/t17-,18+,20+,21-,22-,23+,25+,26-,27-/m1/s1. The molecule has 9 atom stereocenters. The van der Waals surface area contributed by atoms with Gasteiger partial charge >= 0.3 is 0 Å². The minimum atomic E-state index is -1.33. The Bertz CT molecular complexity index is 901. The van der Waals surface area contributed by atoms with E-state index in [4.69, 9.17) is 0 Å². The Morgan fingerprint density at radius 2 is 1.79 bits per heavy atom. The predicted octanol–water partition coefficient (Wildman–Crippen LogP) is 2.92. The molecule has 0 aliphatic heterocycles. The number of rotatable bonds is 5. The molecule has 0 spiro atoms. The van der Waals surface area contributed by atoms with Crippen LogP contribution in [-0.4, -0.2) is 66.0 Å². The number of fused-ring (bicyclic) bond motifs is 5. The summed E-state index contributed by atoms with van der Waals surface area (Å²) in [5.41, 5.74) is -0.123. The maximum absolute atomic E-state index is 11.6. The quantitative estimate of drug-likeness (QED) is 0.266. The van der Waals surface area contributed by atoms with Crippen molar-refractivity contribution < 1.29 is 30.7 Å². The van der Waals surface area contributed by atoms with Crippen LogP contribution in [0.25, 0.3) is 0 Å². The Morgan fingerprint density at radius 1 is 1.12 bits per heavy atom. The lowest BCUT2D eigenvalue weighted by atomic mass is 9.47. The van der Waals surface area contributed by atoms with Crippen molar-refractivity contribution >= 4 is 5.71 Å². The van der Waals surface area contributed by atoms with Crippen molar-refractivity contribution in [2.24, 2.45) is 33.7 Å². The van der Waals surface area contributed by atoms with Gasteiger partial charge in [0.25, 0.3) is 0 Å². The summed E-state index contributed by atoms with van der Waals surface area (Å²) in [5, 5.41) is 66.9. The summed E-state index contributed by atoms with van der Waals surface area (Å²) in [7, 11) is 0. The second kappa shape index (κ2) is 8.41. The molecule has 2 saturated carbocycles. The summed E-state index contributed by atoms with van der Waals surface area (Å²) in [6.45, 7) is 9.43. The molecule has 192 valence electrons. The van der Waals surface area contributed by atoms with Crippen LogP contribution < -0.4 is 0 Å². The molecule has 0 aromatic heterocycles. The third-order valence-corrected chi connectivity index (χ3v) is 9.93. The highest BCUT2D eigenvalue weighted by Gasteiger charge is 2.60. The molecule has 4 rings (SSSR count). The topological polar surface area (TPSA) is 134 Å². The van der Waals surface area contributed by atoms with Gasteiger partial charge in [-0.15, -0.1) is 0 Å². The minimum Gasteiger partial charge on any atom is -0.411 e. The van der Waals surface area contributed by atoms with Gasteiger partial charge in [-0.1, -0.05) is 25.1 Å². The summed E-state index contributed by atoms with van der Waals surface area (Å²) < 4.78 is 0. The molecule has 0 aromatic rings. The SMILES string of the molecule is CC(C)(O)CC[C@H](O)[C@](C)(O)[C@@H]1CC=C2C3=C/C(=N/O)[C@@H]4C[C@H](O)[C@H](O)C[C@]4(C)[C@@H]3CC[C@@]21C. The molecular formula is C27H43NO6.